The van der Waals surface area contributed by atoms with Crippen molar-refractivity contribution in [2.75, 3.05) is 33.8 Å². The fourth-order valence-electron chi connectivity index (χ4n) is 2.78. The molecule has 0 bridgehead atoms. The molecule has 136 valence electrons. The van der Waals surface area contributed by atoms with Gasteiger partial charge in [0, 0.05) is 29.5 Å². The molecular weight excluding hydrogens is 396 g/mol. The van der Waals surface area contributed by atoms with E-state index in [-0.39, 0.29) is 23.5 Å². The van der Waals surface area contributed by atoms with Crippen molar-refractivity contribution in [3.05, 3.63) is 22.7 Å². The van der Waals surface area contributed by atoms with Gasteiger partial charge < -0.3 is 14.7 Å². The summed E-state index contributed by atoms with van der Waals surface area (Å²) in [5, 5.41) is 9.52. The summed E-state index contributed by atoms with van der Waals surface area (Å²) in [5.74, 6) is 0.321. The summed E-state index contributed by atoms with van der Waals surface area (Å²) in [4.78, 5) is 2.16. The maximum Gasteiger partial charge on any atom is 0.247 e. The molecule has 8 heteroatoms. The number of rotatable bonds is 4. The third kappa shape index (κ3) is 4.11. The van der Waals surface area contributed by atoms with Crippen LogP contribution in [0.3, 0.4) is 0 Å². The fraction of sp³-hybridized carbons (Fsp3) is 0.625. The van der Waals surface area contributed by atoms with E-state index >= 15 is 0 Å². The number of hydrogen-bond donors (Lipinski definition) is 1. The number of aliphatic hydroxyl groups excluding tert-OH is 1. The first kappa shape index (κ1) is 19.7. The Morgan fingerprint density at radius 2 is 2.12 bits per heavy atom. The number of hydrogen-bond acceptors (Lipinski definition) is 5. The first-order valence-electron chi connectivity index (χ1n) is 7.90. The highest BCUT2D eigenvalue weighted by atomic mass is 79.9. The molecule has 1 aromatic carbocycles. The smallest absolute Gasteiger partial charge is 0.247 e. The molecule has 0 saturated heterocycles. The highest BCUT2D eigenvalue weighted by Gasteiger charge is 2.37. The summed E-state index contributed by atoms with van der Waals surface area (Å²) in [6, 6.07) is 4.43. The zero-order chi connectivity index (χ0) is 18.1. The van der Waals surface area contributed by atoms with Crippen molar-refractivity contribution in [2.24, 2.45) is 5.92 Å². The minimum absolute atomic E-state index is 0.0247. The molecular formula is C16H25BrN2O4S. The molecule has 0 saturated carbocycles. The minimum Gasteiger partial charge on any atom is -0.487 e. The maximum absolute atomic E-state index is 13.1. The van der Waals surface area contributed by atoms with Crippen molar-refractivity contribution in [1.82, 2.24) is 9.21 Å². The van der Waals surface area contributed by atoms with Crippen LogP contribution in [0.2, 0.25) is 0 Å². The highest BCUT2D eigenvalue weighted by molar-refractivity contribution is 9.10. The number of benzene rings is 1. The van der Waals surface area contributed by atoms with E-state index in [2.05, 4.69) is 15.9 Å². The van der Waals surface area contributed by atoms with Crippen molar-refractivity contribution in [2.45, 2.75) is 30.9 Å². The third-order valence-electron chi connectivity index (χ3n) is 4.17. The standard InChI is InChI=1S/C16H25BrN2O4S/c1-11-8-19(12(2)10-20)24(21,22)16-6-5-13(17)7-14(16)23-15(11)9-18(3)4/h5-7,11-12,15,20H,8-10H2,1-4H3/t11-,12+,15-/m1/s1. The molecule has 2 rings (SSSR count). The first-order valence-corrected chi connectivity index (χ1v) is 10.1. The number of ether oxygens (including phenoxy) is 1. The Hall–Kier alpha value is -0.670. The Balaban J connectivity index is 2.57. The molecule has 0 aliphatic carbocycles. The van der Waals surface area contributed by atoms with Gasteiger partial charge in [0.2, 0.25) is 10.0 Å². The summed E-state index contributed by atoms with van der Waals surface area (Å²) in [6.45, 7) is 4.44. The van der Waals surface area contributed by atoms with Crippen LogP contribution in [-0.2, 0) is 10.0 Å². The Labute approximate surface area is 152 Å². The lowest BCUT2D eigenvalue weighted by atomic mass is 10.0. The number of halogens is 1. The van der Waals surface area contributed by atoms with E-state index in [0.29, 0.717) is 18.8 Å². The number of aliphatic hydroxyl groups is 1. The molecule has 1 aliphatic rings. The monoisotopic (exact) mass is 420 g/mol. The minimum atomic E-state index is -3.74. The Kier molecular flexibility index (Phi) is 6.30. The van der Waals surface area contributed by atoms with E-state index in [1.54, 1.807) is 25.1 Å². The summed E-state index contributed by atoms with van der Waals surface area (Å²) in [6.07, 6.45) is -0.156. The van der Waals surface area contributed by atoms with Crippen molar-refractivity contribution < 1.29 is 18.3 Å². The molecule has 1 aromatic rings. The largest absolute Gasteiger partial charge is 0.487 e. The maximum atomic E-state index is 13.1. The van der Waals surface area contributed by atoms with Gasteiger partial charge in [-0.05, 0) is 39.2 Å². The molecule has 0 aromatic heterocycles. The van der Waals surface area contributed by atoms with E-state index in [1.165, 1.54) is 4.31 Å². The van der Waals surface area contributed by atoms with E-state index in [1.807, 2.05) is 25.9 Å². The van der Waals surface area contributed by atoms with Crippen molar-refractivity contribution in [3.63, 3.8) is 0 Å². The molecule has 0 amide bonds. The fourth-order valence-corrected chi connectivity index (χ4v) is 4.94. The van der Waals surface area contributed by atoms with Crippen LogP contribution in [0.5, 0.6) is 5.75 Å². The Morgan fingerprint density at radius 1 is 1.46 bits per heavy atom. The second-order valence-electron chi connectivity index (χ2n) is 6.59. The van der Waals surface area contributed by atoms with Crippen LogP contribution in [0.15, 0.2) is 27.6 Å². The van der Waals surface area contributed by atoms with Gasteiger partial charge in [0.25, 0.3) is 0 Å². The zero-order valence-corrected chi connectivity index (χ0v) is 16.8. The van der Waals surface area contributed by atoms with E-state index in [0.717, 1.165) is 4.47 Å². The summed E-state index contributed by atoms with van der Waals surface area (Å²) in [5.41, 5.74) is 0. The second kappa shape index (κ2) is 7.70. The molecule has 1 aliphatic heterocycles. The Bertz CT molecular complexity index is 681. The lowest BCUT2D eigenvalue weighted by Crippen LogP contribution is -2.49. The topological polar surface area (TPSA) is 70.1 Å². The van der Waals surface area contributed by atoms with Gasteiger partial charge in [-0.25, -0.2) is 8.42 Å². The molecule has 1 N–H and O–H groups in total. The SMILES string of the molecule is C[C@@H]1CN([C@@H](C)CO)S(=O)(=O)c2ccc(Br)cc2O[C@@H]1CN(C)C. The lowest BCUT2D eigenvalue weighted by molar-refractivity contribution is 0.0812. The molecule has 6 nitrogen and oxygen atoms in total. The normalized spacial score (nSPS) is 25.5. The van der Waals surface area contributed by atoms with Gasteiger partial charge in [-0.1, -0.05) is 22.9 Å². The predicted molar refractivity (Wildman–Crippen MR) is 96.7 cm³/mol. The van der Waals surface area contributed by atoms with Crippen molar-refractivity contribution >= 4 is 26.0 Å². The number of likely N-dealkylation sites (N-methyl/N-ethyl adjacent to an activating group) is 1. The van der Waals surface area contributed by atoms with Gasteiger partial charge in [-0.2, -0.15) is 4.31 Å². The third-order valence-corrected chi connectivity index (χ3v) is 6.69. The van der Waals surface area contributed by atoms with Crippen LogP contribution in [-0.4, -0.2) is 68.7 Å². The van der Waals surface area contributed by atoms with Crippen LogP contribution in [0.4, 0.5) is 0 Å². The van der Waals surface area contributed by atoms with E-state index in [9.17, 15) is 13.5 Å². The molecule has 3 atom stereocenters. The van der Waals surface area contributed by atoms with Gasteiger partial charge >= 0.3 is 0 Å². The summed E-state index contributed by atoms with van der Waals surface area (Å²) < 4.78 is 34.4. The average Bonchev–Trinajstić information content (AvgIpc) is 2.49. The zero-order valence-electron chi connectivity index (χ0n) is 14.4. The van der Waals surface area contributed by atoms with Crippen LogP contribution in [0, 0.1) is 5.92 Å². The van der Waals surface area contributed by atoms with E-state index in [4.69, 9.17) is 4.74 Å². The van der Waals surface area contributed by atoms with Gasteiger partial charge in [-0.3, -0.25) is 0 Å². The first-order chi connectivity index (χ1) is 11.2. The van der Waals surface area contributed by atoms with Gasteiger partial charge in [0.05, 0.1) is 6.61 Å². The molecule has 0 spiro atoms. The van der Waals surface area contributed by atoms with Gasteiger partial charge in [0.15, 0.2) is 0 Å². The van der Waals surface area contributed by atoms with Gasteiger partial charge in [0.1, 0.15) is 16.7 Å². The van der Waals surface area contributed by atoms with Crippen molar-refractivity contribution in [1.29, 1.82) is 0 Å². The quantitative estimate of drug-likeness (QED) is 0.803. The van der Waals surface area contributed by atoms with Crippen LogP contribution < -0.4 is 4.74 Å². The molecule has 24 heavy (non-hydrogen) atoms. The Morgan fingerprint density at radius 3 is 2.71 bits per heavy atom. The average molecular weight is 421 g/mol. The summed E-state index contributed by atoms with van der Waals surface area (Å²) in [7, 11) is 0.178. The summed E-state index contributed by atoms with van der Waals surface area (Å²) >= 11 is 3.38. The molecule has 0 fully saturated rings. The lowest BCUT2D eigenvalue weighted by Gasteiger charge is -2.37. The predicted octanol–water partition coefficient (Wildman–Crippen LogP) is 1.78. The molecule has 0 radical (unpaired) electrons. The highest BCUT2D eigenvalue weighted by Crippen LogP contribution is 2.35. The number of fused-ring (bicyclic) bond motifs is 1. The van der Waals surface area contributed by atoms with Crippen LogP contribution in [0.25, 0.3) is 0 Å². The van der Waals surface area contributed by atoms with E-state index < -0.39 is 16.1 Å². The molecule has 1 heterocycles. The van der Waals surface area contributed by atoms with Crippen molar-refractivity contribution in [3.8, 4) is 5.75 Å². The second-order valence-corrected chi connectivity index (χ2v) is 9.37. The van der Waals surface area contributed by atoms with Gasteiger partial charge in [-0.15, -0.1) is 0 Å². The number of sulfonamides is 1. The van der Waals surface area contributed by atoms with Crippen LogP contribution >= 0.6 is 15.9 Å². The molecule has 0 unspecified atom stereocenters. The van der Waals surface area contributed by atoms with Crippen LogP contribution in [0.1, 0.15) is 13.8 Å². The number of nitrogens with zero attached hydrogens (tertiary/aromatic N) is 2.